The van der Waals surface area contributed by atoms with E-state index in [1.54, 1.807) is 29.2 Å². The Hall–Kier alpha value is -3.60. The first-order valence-corrected chi connectivity index (χ1v) is 10.5. The number of fused-ring (bicyclic) bond motifs is 1. The van der Waals surface area contributed by atoms with Gasteiger partial charge in [-0.05, 0) is 54.7 Å². The predicted octanol–water partition coefficient (Wildman–Crippen LogP) is 4.85. The van der Waals surface area contributed by atoms with Gasteiger partial charge < -0.3 is 15.0 Å². The molecular weight excluding hydrogens is 388 g/mol. The molecule has 0 saturated carbocycles. The number of carbonyl (C=O) groups excluding carboxylic acids is 2. The molecule has 0 radical (unpaired) electrons. The number of ether oxygens (including phenoxy) is 1. The van der Waals surface area contributed by atoms with Gasteiger partial charge in [0.1, 0.15) is 5.75 Å². The number of hydrogen-bond acceptors (Lipinski definition) is 3. The Labute approximate surface area is 182 Å². The number of aryl methyl sites for hydroxylation is 1. The molecule has 1 unspecified atom stereocenters. The molecule has 1 atom stereocenters. The normalized spacial score (nSPS) is 14.9. The van der Waals surface area contributed by atoms with Crippen LogP contribution in [0, 0.1) is 0 Å². The third kappa shape index (κ3) is 4.77. The fraction of sp³-hybridized carbons (Fsp3) is 0.231. The van der Waals surface area contributed by atoms with Crippen molar-refractivity contribution in [2.75, 3.05) is 19.0 Å². The maximum atomic E-state index is 12.9. The van der Waals surface area contributed by atoms with Gasteiger partial charge in [0.15, 0.2) is 6.61 Å². The number of nitrogens with zero attached hydrogens (tertiary/aromatic N) is 1. The molecule has 0 saturated heterocycles. The molecule has 2 amide bonds. The van der Waals surface area contributed by atoms with E-state index < -0.39 is 0 Å². The van der Waals surface area contributed by atoms with E-state index in [9.17, 15) is 9.59 Å². The topological polar surface area (TPSA) is 58.6 Å². The number of benzene rings is 3. The number of hydrogen-bond donors (Lipinski definition) is 1. The van der Waals surface area contributed by atoms with Crippen LogP contribution in [-0.4, -0.2) is 30.4 Å². The highest BCUT2D eigenvalue weighted by atomic mass is 16.5. The molecule has 3 aromatic rings. The van der Waals surface area contributed by atoms with E-state index in [1.165, 1.54) is 11.1 Å². The third-order valence-corrected chi connectivity index (χ3v) is 5.71. The van der Waals surface area contributed by atoms with Crippen LogP contribution in [0.2, 0.25) is 0 Å². The number of carbonyl (C=O) groups is 2. The van der Waals surface area contributed by atoms with Crippen LogP contribution in [-0.2, 0) is 11.2 Å². The average Bonchev–Trinajstić information content (AvgIpc) is 2.82. The first kappa shape index (κ1) is 20.7. The number of para-hydroxylation sites is 2. The zero-order valence-corrected chi connectivity index (χ0v) is 17.6. The molecule has 3 aromatic carbocycles. The molecule has 0 heterocycles. The van der Waals surface area contributed by atoms with Crippen LogP contribution in [0.4, 0.5) is 5.69 Å². The lowest BCUT2D eigenvalue weighted by molar-refractivity contribution is -0.134. The molecule has 0 aliphatic heterocycles. The lowest BCUT2D eigenvalue weighted by Gasteiger charge is -2.33. The lowest BCUT2D eigenvalue weighted by Crippen LogP contribution is -2.36. The lowest BCUT2D eigenvalue weighted by atomic mass is 9.87. The second-order valence-electron chi connectivity index (χ2n) is 7.72. The van der Waals surface area contributed by atoms with Crippen LogP contribution in [0.25, 0.3) is 0 Å². The Morgan fingerprint density at radius 2 is 1.68 bits per heavy atom. The number of nitrogens with one attached hydrogen (secondary N) is 1. The molecule has 5 heteroatoms. The predicted molar refractivity (Wildman–Crippen MR) is 121 cm³/mol. The standard InChI is InChI=1S/C26H26N2O3/c1-28(23-16-9-11-19-10-5-6-14-21(19)23)25(29)18-31-24-17-8-7-15-22(24)26(30)27-20-12-3-2-4-13-20/h2-8,10,12-15,17,23H,9,11,16,18H2,1H3,(H,27,30). The summed E-state index contributed by atoms with van der Waals surface area (Å²) in [7, 11) is 1.83. The van der Waals surface area contributed by atoms with E-state index in [2.05, 4.69) is 17.4 Å². The Morgan fingerprint density at radius 3 is 2.52 bits per heavy atom. The van der Waals surface area contributed by atoms with Gasteiger partial charge >= 0.3 is 0 Å². The largest absolute Gasteiger partial charge is 0.483 e. The van der Waals surface area contributed by atoms with Crippen LogP contribution in [0.5, 0.6) is 5.75 Å². The SMILES string of the molecule is CN(C(=O)COc1ccccc1C(=O)Nc1ccccc1)C1CCCc2ccccc21. The van der Waals surface area contributed by atoms with Crippen molar-refractivity contribution in [3.05, 3.63) is 95.6 Å². The molecule has 1 aliphatic rings. The van der Waals surface area contributed by atoms with Gasteiger partial charge in [-0.15, -0.1) is 0 Å². The van der Waals surface area contributed by atoms with Crippen LogP contribution < -0.4 is 10.1 Å². The average molecular weight is 415 g/mol. The van der Waals surface area contributed by atoms with Crippen molar-refractivity contribution < 1.29 is 14.3 Å². The van der Waals surface area contributed by atoms with Gasteiger partial charge in [-0.25, -0.2) is 0 Å². The van der Waals surface area contributed by atoms with Crippen molar-refractivity contribution in [3.8, 4) is 5.75 Å². The summed E-state index contributed by atoms with van der Waals surface area (Å²) in [6.45, 7) is -0.120. The van der Waals surface area contributed by atoms with E-state index in [0.717, 1.165) is 19.3 Å². The van der Waals surface area contributed by atoms with Crippen molar-refractivity contribution in [3.63, 3.8) is 0 Å². The first-order chi connectivity index (χ1) is 15.1. The van der Waals surface area contributed by atoms with E-state index in [0.29, 0.717) is 17.0 Å². The van der Waals surface area contributed by atoms with Gasteiger partial charge in [0.05, 0.1) is 11.6 Å². The molecule has 158 valence electrons. The second-order valence-corrected chi connectivity index (χ2v) is 7.72. The first-order valence-electron chi connectivity index (χ1n) is 10.5. The van der Waals surface area contributed by atoms with Crippen LogP contribution >= 0.6 is 0 Å². The van der Waals surface area contributed by atoms with Crippen molar-refractivity contribution in [1.29, 1.82) is 0 Å². The highest BCUT2D eigenvalue weighted by molar-refractivity contribution is 6.06. The molecule has 1 N–H and O–H groups in total. The van der Waals surface area contributed by atoms with Crippen LogP contribution in [0.15, 0.2) is 78.9 Å². The van der Waals surface area contributed by atoms with E-state index >= 15 is 0 Å². The number of likely N-dealkylation sites (N-methyl/N-ethyl adjacent to an activating group) is 1. The van der Waals surface area contributed by atoms with Crippen LogP contribution in [0.3, 0.4) is 0 Å². The van der Waals surface area contributed by atoms with Gasteiger partial charge in [-0.2, -0.15) is 0 Å². The van der Waals surface area contributed by atoms with E-state index in [-0.39, 0.29) is 24.5 Å². The minimum Gasteiger partial charge on any atom is -0.483 e. The molecule has 4 rings (SSSR count). The summed E-state index contributed by atoms with van der Waals surface area (Å²) < 4.78 is 5.81. The summed E-state index contributed by atoms with van der Waals surface area (Å²) >= 11 is 0. The zero-order chi connectivity index (χ0) is 21.6. The monoisotopic (exact) mass is 414 g/mol. The highest BCUT2D eigenvalue weighted by Gasteiger charge is 2.27. The number of anilines is 1. The molecule has 31 heavy (non-hydrogen) atoms. The van der Waals surface area contributed by atoms with Crippen molar-refractivity contribution in [1.82, 2.24) is 4.90 Å². The smallest absolute Gasteiger partial charge is 0.260 e. The Morgan fingerprint density at radius 1 is 0.968 bits per heavy atom. The Kier molecular flexibility index (Phi) is 6.32. The fourth-order valence-electron chi connectivity index (χ4n) is 4.05. The quantitative estimate of drug-likeness (QED) is 0.627. The number of rotatable bonds is 6. The maximum Gasteiger partial charge on any atom is 0.260 e. The van der Waals surface area contributed by atoms with E-state index in [4.69, 9.17) is 4.74 Å². The van der Waals surface area contributed by atoms with E-state index in [1.807, 2.05) is 49.5 Å². The van der Waals surface area contributed by atoms with Gasteiger partial charge in [0.2, 0.25) is 0 Å². The third-order valence-electron chi connectivity index (χ3n) is 5.71. The molecule has 5 nitrogen and oxygen atoms in total. The Balaban J connectivity index is 1.43. The minimum absolute atomic E-state index is 0.0534. The molecule has 0 bridgehead atoms. The van der Waals surface area contributed by atoms with Crippen LogP contribution in [0.1, 0.15) is 40.4 Å². The molecule has 0 spiro atoms. The van der Waals surface area contributed by atoms with Gasteiger partial charge in [-0.3, -0.25) is 9.59 Å². The van der Waals surface area contributed by atoms with Gasteiger partial charge in [0.25, 0.3) is 11.8 Å². The Bertz CT molecular complexity index is 1070. The summed E-state index contributed by atoms with van der Waals surface area (Å²) in [5, 5.41) is 2.86. The minimum atomic E-state index is -0.274. The molecule has 0 fully saturated rings. The van der Waals surface area contributed by atoms with Gasteiger partial charge in [-0.1, -0.05) is 54.6 Å². The summed E-state index contributed by atoms with van der Waals surface area (Å²) in [5.74, 6) is 0.00510. The molecule has 0 aromatic heterocycles. The zero-order valence-electron chi connectivity index (χ0n) is 17.6. The van der Waals surface area contributed by atoms with Crippen molar-refractivity contribution >= 4 is 17.5 Å². The molecule has 1 aliphatic carbocycles. The summed E-state index contributed by atoms with van der Waals surface area (Å²) in [5.41, 5.74) is 3.62. The fourth-order valence-corrected chi connectivity index (χ4v) is 4.05. The van der Waals surface area contributed by atoms with Crippen molar-refractivity contribution in [2.24, 2.45) is 0 Å². The highest BCUT2D eigenvalue weighted by Crippen LogP contribution is 2.33. The van der Waals surface area contributed by atoms with Crippen molar-refractivity contribution in [2.45, 2.75) is 25.3 Å². The second kappa shape index (κ2) is 9.47. The van der Waals surface area contributed by atoms with Gasteiger partial charge in [0, 0.05) is 12.7 Å². The molecular formula is C26H26N2O3. The summed E-state index contributed by atoms with van der Waals surface area (Å²) in [6.07, 6.45) is 3.05. The summed E-state index contributed by atoms with van der Waals surface area (Å²) in [6, 6.07) is 24.6. The number of amides is 2. The maximum absolute atomic E-state index is 12.9. The summed E-state index contributed by atoms with van der Waals surface area (Å²) in [4.78, 5) is 27.4.